The quantitative estimate of drug-likeness (QED) is 0.142. The van der Waals surface area contributed by atoms with Crippen LogP contribution in [0.25, 0.3) is 0 Å². The van der Waals surface area contributed by atoms with E-state index in [-0.39, 0.29) is 27.3 Å². The topological polar surface area (TPSA) is 121 Å². The number of hydrogen-bond acceptors (Lipinski definition) is 6. The van der Waals surface area contributed by atoms with Crippen LogP contribution in [-0.4, -0.2) is 47.9 Å². The van der Waals surface area contributed by atoms with Gasteiger partial charge in [-0.25, -0.2) is 0 Å². The van der Waals surface area contributed by atoms with Crippen molar-refractivity contribution in [1.29, 1.82) is 0 Å². The summed E-state index contributed by atoms with van der Waals surface area (Å²) in [5, 5.41) is 53.2. The molecule has 0 radical (unpaired) electrons. The molecular formula is C15H33Br2NiO6-. The van der Waals surface area contributed by atoms with Gasteiger partial charge in [-0.05, 0) is 15.9 Å². The third-order valence-electron chi connectivity index (χ3n) is 2.64. The minimum atomic E-state index is -1.84. The number of aliphatic hydroxyl groups is 6. The van der Waals surface area contributed by atoms with Crippen LogP contribution < -0.4 is 0 Å². The Morgan fingerprint density at radius 3 is 0.875 bits per heavy atom. The van der Waals surface area contributed by atoms with Crippen molar-refractivity contribution in [2.75, 3.05) is 0 Å². The van der Waals surface area contributed by atoms with Crippen molar-refractivity contribution in [3.8, 4) is 0 Å². The molecule has 154 valence electrons. The van der Waals surface area contributed by atoms with Crippen molar-refractivity contribution >= 4 is 31.9 Å². The Morgan fingerprint density at radius 1 is 0.708 bits per heavy atom. The fourth-order valence-corrected chi connectivity index (χ4v) is 0.810. The molecule has 0 spiro atoms. The van der Waals surface area contributed by atoms with Gasteiger partial charge in [0.25, 0.3) is 0 Å². The van der Waals surface area contributed by atoms with E-state index in [0.29, 0.717) is 0 Å². The fourth-order valence-electron chi connectivity index (χ4n) is 0.0694. The monoisotopic (exact) mass is 525 g/mol. The molecule has 0 aromatic carbocycles. The maximum absolute atomic E-state index is 8.96. The molecular weight excluding hydrogens is 495 g/mol. The van der Waals surface area contributed by atoms with Crippen LogP contribution in [0.1, 0.15) is 55.4 Å². The van der Waals surface area contributed by atoms with Gasteiger partial charge in [-0.1, -0.05) is 60.8 Å². The van der Waals surface area contributed by atoms with Gasteiger partial charge < -0.3 is 46.6 Å². The van der Waals surface area contributed by atoms with Crippen LogP contribution in [0.2, 0.25) is 0 Å². The van der Waals surface area contributed by atoms with Crippen LogP contribution in [0.15, 0.2) is 0 Å². The van der Waals surface area contributed by atoms with E-state index < -0.39 is 22.7 Å². The third kappa shape index (κ3) is 18.0. The minimum Gasteiger partial charge on any atom is -0.368 e. The molecule has 0 saturated heterocycles. The van der Waals surface area contributed by atoms with Crippen LogP contribution in [0.4, 0.5) is 0 Å². The maximum Gasteiger partial charge on any atom is 0.199 e. The minimum absolute atomic E-state index is 0. The van der Waals surface area contributed by atoms with Gasteiger partial charge in [-0.2, -0.15) is 0 Å². The molecule has 0 saturated carbocycles. The molecule has 0 bridgehead atoms. The summed E-state index contributed by atoms with van der Waals surface area (Å²) in [4.78, 5) is 0. The molecule has 0 unspecified atom stereocenters. The molecule has 0 aliphatic rings. The first-order valence-electron chi connectivity index (χ1n) is 7.00. The summed E-state index contributed by atoms with van der Waals surface area (Å²) in [7, 11) is 0. The van der Waals surface area contributed by atoms with Crippen LogP contribution in [0, 0.1) is 21.6 Å². The molecule has 0 fully saturated rings. The molecule has 0 atom stereocenters. The predicted octanol–water partition coefficient (Wildman–Crippen LogP) is 2.29. The van der Waals surface area contributed by atoms with E-state index in [1.54, 1.807) is 55.4 Å². The summed E-state index contributed by atoms with van der Waals surface area (Å²) in [6.45, 7) is 13.9. The van der Waals surface area contributed by atoms with Crippen molar-refractivity contribution in [2.45, 2.75) is 72.7 Å². The van der Waals surface area contributed by atoms with Crippen molar-refractivity contribution < 1.29 is 47.1 Å². The van der Waals surface area contributed by atoms with E-state index >= 15 is 0 Å². The Balaban J connectivity index is -0.000000124. The van der Waals surface area contributed by atoms with E-state index in [1.807, 2.05) is 0 Å². The van der Waals surface area contributed by atoms with E-state index in [9.17, 15) is 0 Å². The van der Waals surface area contributed by atoms with E-state index in [4.69, 9.17) is 30.6 Å². The van der Waals surface area contributed by atoms with E-state index in [1.165, 1.54) is 5.33 Å². The van der Waals surface area contributed by atoms with Gasteiger partial charge in [0.2, 0.25) is 0 Å². The van der Waals surface area contributed by atoms with Crippen molar-refractivity contribution in [2.24, 2.45) is 16.2 Å². The molecule has 0 rings (SSSR count). The van der Waals surface area contributed by atoms with Gasteiger partial charge in [0.05, 0.1) is 0 Å². The maximum atomic E-state index is 8.96. The molecule has 0 aliphatic carbocycles. The van der Waals surface area contributed by atoms with Gasteiger partial charge in [-0.15, -0.1) is 0 Å². The summed E-state index contributed by atoms with van der Waals surface area (Å²) in [5.74, 6) is 0. The number of aliphatic hydroxyl groups excluding tert-OH is 2. The zero-order valence-electron chi connectivity index (χ0n) is 15.5. The summed E-state index contributed by atoms with van der Waals surface area (Å²) < 4.78 is -1.84. The van der Waals surface area contributed by atoms with Crippen LogP contribution in [0.3, 0.4) is 0 Å². The predicted molar refractivity (Wildman–Crippen MR) is 98.5 cm³/mol. The molecule has 9 heteroatoms. The zero-order chi connectivity index (χ0) is 19.9. The number of halogens is 2. The molecule has 0 aromatic rings. The van der Waals surface area contributed by atoms with Crippen molar-refractivity contribution in [3.63, 3.8) is 0 Å². The third-order valence-corrected chi connectivity index (χ3v) is 4.81. The van der Waals surface area contributed by atoms with Crippen LogP contribution in [-0.2, 0) is 16.5 Å². The normalized spacial score (nSPS) is 12.8. The van der Waals surface area contributed by atoms with Crippen LogP contribution in [0.5, 0.6) is 0 Å². The van der Waals surface area contributed by atoms with Gasteiger partial charge in [0.1, 0.15) is 0 Å². The molecule has 0 aliphatic heterocycles. The molecule has 0 heterocycles. The average Bonchev–Trinajstić information content (AvgIpc) is 2.26. The van der Waals surface area contributed by atoms with Crippen molar-refractivity contribution in [1.82, 2.24) is 0 Å². The Morgan fingerprint density at radius 2 is 0.875 bits per heavy atom. The van der Waals surface area contributed by atoms with E-state index in [0.717, 1.165) is 0 Å². The van der Waals surface area contributed by atoms with E-state index in [2.05, 4.69) is 31.9 Å². The van der Waals surface area contributed by atoms with Gasteiger partial charge in [0.15, 0.2) is 17.3 Å². The van der Waals surface area contributed by atoms with Gasteiger partial charge >= 0.3 is 0 Å². The molecule has 0 aromatic heterocycles. The van der Waals surface area contributed by atoms with Crippen LogP contribution >= 0.6 is 31.9 Å². The average molecular weight is 528 g/mol. The SMILES string of the molecule is CC(C)(C)C(O)O.CC(C)(C)C(O)O.CC(C)([CH-]Br)C(O)(O)Br.[Ni]. The molecule has 0 amide bonds. The first kappa shape index (κ1) is 32.8. The summed E-state index contributed by atoms with van der Waals surface area (Å²) in [6, 6.07) is 0. The largest absolute Gasteiger partial charge is 0.368 e. The van der Waals surface area contributed by atoms with Gasteiger partial charge in [-0.3, -0.25) is 5.33 Å². The first-order chi connectivity index (χ1) is 9.70. The standard InChI is InChI=1S/C5H9Br2O2.2C5H12O2.Ni/c1-4(2,3-6)5(7,8)9;2*1-5(2,3)4(6)7;/h3,8-9H,1-2H3;2*4,6-7H,1-3H3;/q-1;;;. The molecule has 6 nitrogen and oxygen atoms in total. The second kappa shape index (κ2) is 12.6. The molecule has 24 heavy (non-hydrogen) atoms. The second-order valence-electron chi connectivity index (χ2n) is 7.90. The number of hydrogen-bond donors (Lipinski definition) is 6. The first-order valence-corrected chi connectivity index (χ1v) is 8.71. The van der Waals surface area contributed by atoms with Crippen molar-refractivity contribution in [3.05, 3.63) is 5.33 Å². The number of alkyl halides is 1. The Labute approximate surface area is 172 Å². The van der Waals surface area contributed by atoms with Gasteiger partial charge in [0, 0.05) is 27.3 Å². The Kier molecular flexibility index (Phi) is 17.2. The Bertz CT molecular complexity index is 287. The number of rotatable bonds is 2. The summed E-state index contributed by atoms with van der Waals surface area (Å²) >= 11 is 5.74. The summed E-state index contributed by atoms with van der Waals surface area (Å²) in [5.41, 5.74) is -1.48. The Hall–Kier alpha value is 1.21. The smallest absolute Gasteiger partial charge is 0.199 e. The second-order valence-corrected chi connectivity index (χ2v) is 9.46. The molecule has 6 N–H and O–H groups in total. The summed E-state index contributed by atoms with van der Waals surface area (Å²) in [6.07, 6.45) is -2.40. The fraction of sp³-hybridized carbons (Fsp3) is 0.933. The zero-order valence-corrected chi connectivity index (χ0v) is 19.6.